The van der Waals surface area contributed by atoms with Gasteiger partial charge in [-0.05, 0) is 55.3 Å². The molecule has 2 aromatic carbocycles. The molecule has 6 heteroatoms. The summed E-state index contributed by atoms with van der Waals surface area (Å²) in [5, 5.41) is 12.5. The van der Waals surface area contributed by atoms with Crippen molar-refractivity contribution in [1.82, 2.24) is 9.88 Å². The predicted molar refractivity (Wildman–Crippen MR) is 116 cm³/mol. The van der Waals surface area contributed by atoms with Crippen molar-refractivity contribution in [1.29, 1.82) is 0 Å². The second-order valence-electron chi connectivity index (χ2n) is 7.44. The van der Waals surface area contributed by atoms with Crippen LogP contribution >= 0.6 is 0 Å². The second kappa shape index (κ2) is 9.41. The molecule has 1 amide bonds. The van der Waals surface area contributed by atoms with E-state index in [4.69, 9.17) is 4.74 Å². The number of anilines is 1. The molecule has 2 N–H and O–H groups in total. The average molecular weight is 403 g/mol. The fourth-order valence-electron chi connectivity index (χ4n) is 3.66. The monoisotopic (exact) mass is 403 g/mol. The highest BCUT2D eigenvalue weighted by molar-refractivity contribution is 5.94. The molecular weight excluding hydrogens is 378 g/mol. The van der Waals surface area contributed by atoms with Crippen molar-refractivity contribution in [3.8, 4) is 17.4 Å². The van der Waals surface area contributed by atoms with E-state index in [1.165, 1.54) is 0 Å². The number of carbonyl (C=O) groups is 1. The van der Waals surface area contributed by atoms with Gasteiger partial charge in [-0.2, -0.15) is 0 Å². The normalized spacial score (nSPS) is 16.7. The van der Waals surface area contributed by atoms with Gasteiger partial charge in [0.15, 0.2) is 0 Å². The number of phenols is 1. The quantitative estimate of drug-likeness (QED) is 0.630. The van der Waals surface area contributed by atoms with Crippen LogP contribution in [0.2, 0.25) is 0 Å². The van der Waals surface area contributed by atoms with Crippen LogP contribution in [-0.4, -0.2) is 33.5 Å². The number of aromatic nitrogens is 1. The molecule has 0 saturated carbocycles. The number of hydrogen-bond acceptors (Lipinski definition) is 5. The number of nitrogens with one attached hydrogen (secondary N) is 1. The van der Waals surface area contributed by atoms with Gasteiger partial charge in [0.1, 0.15) is 11.5 Å². The number of para-hydroxylation sites is 1. The van der Waals surface area contributed by atoms with Gasteiger partial charge in [-0.15, -0.1) is 0 Å². The predicted octanol–water partition coefficient (Wildman–Crippen LogP) is 4.57. The molecule has 2 heterocycles. The number of nitrogens with zero attached hydrogens (tertiary/aromatic N) is 2. The van der Waals surface area contributed by atoms with Gasteiger partial charge < -0.3 is 15.2 Å². The molecule has 6 nitrogen and oxygen atoms in total. The maximum atomic E-state index is 12.9. The molecular formula is C24H25N3O3. The molecule has 0 unspecified atom stereocenters. The summed E-state index contributed by atoms with van der Waals surface area (Å²) in [5.74, 6) is 1.42. The number of aromatic hydroxyl groups is 1. The van der Waals surface area contributed by atoms with Gasteiger partial charge in [-0.3, -0.25) is 9.69 Å². The third-order valence-corrected chi connectivity index (χ3v) is 5.21. The van der Waals surface area contributed by atoms with E-state index in [2.05, 4.69) is 15.2 Å². The lowest BCUT2D eigenvalue weighted by atomic mass is 10.00. The summed E-state index contributed by atoms with van der Waals surface area (Å²) in [5.41, 5.74) is 1.73. The van der Waals surface area contributed by atoms with Crippen molar-refractivity contribution < 1.29 is 14.6 Å². The van der Waals surface area contributed by atoms with Crippen molar-refractivity contribution in [2.45, 2.75) is 31.8 Å². The molecule has 0 spiro atoms. The number of rotatable bonds is 6. The molecule has 0 aliphatic carbocycles. The Morgan fingerprint density at radius 3 is 2.60 bits per heavy atom. The first-order valence-electron chi connectivity index (χ1n) is 10.2. The largest absolute Gasteiger partial charge is 0.508 e. The van der Waals surface area contributed by atoms with Gasteiger partial charge >= 0.3 is 0 Å². The molecule has 0 bridgehead atoms. The molecule has 1 fully saturated rings. The fourth-order valence-corrected chi connectivity index (χ4v) is 3.66. The molecule has 4 rings (SSSR count). The summed E-state index contributed by atoms with van der Waals surface area (Å²) in [7, 11) is 0. The molecule has 3 aromatic rings. The number of ether oxygens (including phenoxy) is 1. The molecule has 1 aliphatic heterocycles. The Kier molecular flexibility index (Phi) is 6.25. The van der Waals surface area contributed by atoms with Crippen molar-refractivity contribution in [3.63, 3.8) is 0 Å². The second-order valence-corrected chi connectivity index (χ2v) is 7.44. The van der Waals surface area contributed by atoms with Crippen molar-refractivity contribution in [2.75, 3.05) is 11.9 Å². The highest BCUT2D eigenvalue weighted by atomic mass is 16.5. The Morgan fingerprint density at radius 2 is 1.87 bits per heavy atom. The van der Waals surface area contributed by atoms with E-state index in [1.54, 1.807) is 30.5 Å². The van der Waals surface area contributed by atoms with Crippen LogP contribution in [0.1, 0.15) is 24.8 Å². The van der Waals surface area contributed by atoms with E-state index in [9.17, 15) is 9.90 Å². The van der Waals surface area contributed by atoms with Crippen LogP contribution < -0.4 is 10.1 Å². The number of benzene rings is 2. The minimum absolute atomic E-state index is 0.0213. The van der Waals surface area contributed by atoms with Crippen molar-refractivity contribution >= 4 is 11.6 Å². The summed E-state index contributed by atoms with van der Waals surface area (Å²) in [6.07, 6.45) is 4.55. The fraction of sp³-hybridized carbons (Fsp3) is 0.250. The van der Waals surface area contributed by atoms with Crippen molar-refractivity contribution in [2.24, 2.45) is 0 Å². The Morgan fingerprint density at radius 1 is 1.07 bits per heavy atom. The van der Waals surface area contributed by atoms with E-state index in [1.807, 2.05) is 42.5 Å². The number of likely N-dealkylation sites (tertiary alicyclic amines) is 1. The molecule has 1 aliphatic rings. The molecule has 154 valence electrons. The molecule has 0 radical (unpaired) electrons. The van der Waals surface area contributed by atoms with E-state index in [0.717, 1.165) is 31.4 Å². The summed E-state index contributed by atoms with van der Waals surface area (Å²) in [4.78, 5) is 19.4. The zero-order valence-corrected chi connectivity index (χ0v) is 16.7. The van der Waals surface area contributed by atoms with E-state index in [0.29, 0.717) is 23.9 Å². The summed E-state index contributed by atoms with van der Waals surface area (Å²) < 4.78 is 5.70. The molecule has 1 aromatic heterocycles. The maximum Gasteiger partial charge on any atom is 0.241 e. The van der Waals surface area contributed by atoms with Gasteiger partial charge in [0.2, 0.25) is 11.8 Å². The lowest BCUT2D eigenvalue weighted by Gasteiger charge is -2.34. The first kappa shape index (κ1) is 19.9. The molecule has 1 atom stereocenters. The van der Waals surface area contributed by atoms with E-state index >= 15 is 0 Å². The lowest BCUT2D eigenvalue weighted by Crippen LogP contribution is -2.46. The van der Waals surface area contributed by atoms with Crippen LogP contribution in [-0.2, 0) is 11.3 Å². The van der Waals surface area contributed by atoms with E-state index in [-0.39, 0.29) is 17.7 Å². The van der Waals surface area contributed by atoms with E-state index < -0.39 is 0 Å². The highest BCUT2D eigenvalue weighted by Gasteiger charge is 2.28. The summed E-state index contributed by atoms with van der Waals surface area (Å²) >= 11 is 0. The molecule has 1 saturated heterocycles. The van der Waals surface area contributed by atoms with Crippen molar-refractivity contribution in [3.05, 3.63) is 78.5 Å². The Labute approximate surface area is 176 Å². The van der Waals surface area contributed by atoms with Gasteiger partial charge in [0.25, 0.3) is 0 Å². The lowest BCUT2D eigenvalue weighted by molar-refractivity contribution is -0.122. The first-order valence-corrected chi connectivity index (χ1v) is 10.2. The molecule has 30 heavy (non-hydrogen) atoms. The zero-order chi connectivity index (χ0) is 20.8. The average Bonchev–Trinajstić information content (AvgIpc) is 2.78. The third kappa shape index (κ3) is 5.15. The number of amides is 1. The first-order chi connectivity index (χ1) is 14.7. The SMILES string of the molecule is O=C(Nc1ccc(Oc2ccccc2)nc1)[C@@H]1CCCCN1Cc1ccc(O)cc1. The number of pyridine rings is 1. The van der Waals surface area contributed by atoms with Crippen LogP contribution in [0.15, 0.2) is 72.9 Å². The van der Waals surface area contributed by atoms with Crippen LogP contribution in [0.3, 0.4) is 0 Å². The summed E-state index contributed by atoms with van der Waals surface area (Å²) in [6.45, 7) is 1.56. The third-order valence-electron chi connectivity index (χ3n) is 5.21. The van der Waals surface area contributed by atoms with Crippen LogP contribution in [0, 0.1) is 0 Å². The maximum absolute atomic E-state index is 12.9. The topological polar surface area (TPSA) is 74.7 Å². The standard InChI is InChI=1S/C24H25N3O3/c28-20-12-9-18(10-13-20)17-27-15-5-4-8-22(27)24(29)26-19-11-14-23(25-16-19)30-21-6-2-1-3-7-21/h1-3,6-7,9-14,16,22,28H,4-5,8,15,17H2,(H,26,29)/t22-/m0/s1. The zero-order valence-electron chi connectivity index (χ0n) is 16.7. The number of carbonyl (C=O) groups excluding carboxylic acids is 1. The Bertz CT molecular complexity index is 959. The summed E-state index contributed by atoms with van der Waals surface area (Å²) in [6, 6.07) is 20.0. The number of piperidine rings is 1. The Balaban J connectivity index is 1.38. The Hall–Kier alpha value is -3.38. The smallest absolute Gasteiger partial charge is 0.241 e. The minimum atomic E-state index is -0.187. The number of phenolic OH excluding ortho intramolecular Hbond substituents is 1. The van der Waals surface area contributed by atoms with Gasteiger partial charge in [0, 0.05) is 12.6 Å². The van der Waals surface area contributed by atoms with Crippen LogP contribution in [0.4, 0.5) is 5.69 Å². The van der Waals surface area contributed by atoms with Crippen LogP contribution in [0.25, 0.3) is 0 Å². The van der Waals surface area contributed by atoms with Gasteiger partial charge in [0.05, 0.1) is 17.9 Å². The number of hydrogen-bond donors (Lipinski definition) is 2. The van der Waals surface area contributed by atoms with Gasteiger partial charge in [-0.1, -0.05) is 36.8 Å². The minimum Gasteiger partial charge on any atom is -0.508 e. The van der Waals surface area contributed by atoms with Gasteiger partial charge in [-0.25, -0.2) is 4.98 Å². The highest BCUT2D eigenvalue weighted by Crippen LogP contribution is 2.23. The van der Waals surface area contributed by atoms with Crippen LogP contribution in [0.5, 0.6) is 17.4 Å².